The highest BCUT2D eigenvalue weighted by atomic mass is 16.2. The summed E-state index contributed by atoms with van der Waals surface area (Å²) < 4.78 is 0. The zero-order chi connectivity index (χ0) is 17.9. The van der Waals surface area contributed by atoms with Crippen LogP contribution in [0.2, 0.25) is 0 Å². The van der Waals surface area contributed by atoms with Crippen LogP contribution in [0.1, 0.15) is 41.3 Å². The van der Waals surface area contributed by atoms with Gasteiger partial charge in [-0.2, -0.15) is 0 Å². The number of nitrogens with one attached hydrogen (secondary N) is 2. The van der Waals surface area contributed by atoms with E-state index in [0.717, 1.165) is 24.8 Å². The van der Waals surface area contributed by atoms with Gasteiger partial charge in [-0.25, -0.2) is 0 Å². The van der Waals surface area contributed by atoms with Crippen molar-refractivity contribution in [2.75, 3.05) is 13.1 Å². The van der Waals surface area contributed by atoms with Crippen LogP contribution >= 0.6 is 0 Å². The molecule has 0 bridgehead atoms. The van der Waals surface area contributed by atoms with Gasteiger partial charge in [0.2, 0.25) is 5.91 Å². The quantitative estimate of drug-likeness (QED) is 0.738. The highest BCUT2D eigenvalue weighted by Crippen LogP contribution is 2.13. The van der Waals surface area contributed by atoms with Crippen molar-refractivity contribution in [3.05, 3.63) is 71.3 Å². The minimum atomic E-state index is -0.119. The Labute approximate surface area is 149 Å². The molecule has 2 rings (SSSR count). The lowest BCUT2D eigenvalue weighted by atomic mass is 9.99. The van der Waals surface area contributed by atoms with Crippen LogP contribution in [-0.2, 0) is 17.6 Å². The van der Waals surface area contributed by atoms with E-state index in [9.17, 15) is 9.59 Å². The smallest absolute Gasteiger partial charge is 0.251 e. The summed E-state index contributed by atoms with van der Waals surface area (Å²) in [4.78, 5) is 24.0. The fourth-order valence-electron chi connectivity index (χ4n) is 2.62. The molecule has 0 saturated carbocycles. The summed E-state index contributed by atoms with van der Waals surface area (Å²) in [5.74, 6) is -0.147. The number of amides is 2. The molecule has 0 radical (unpaired) electrons. The van der Waals surface area contributed by atoms with E-state index in [1.165, 1.54) is 5.56 Å². The Bertz CT molecular complexity index is 683. The molecule has 0 unspecified atom stereocenters. The maximum atomic E-state index is 12.4. The van der Waals surface area contributed by atoms with E-state index in [2.05, 4.69) is 22.8 Å². The van der Waals surface area contributed by atoms with Crippen molar-refractivity contribution in [2.24, 2.45) is 0 Å². The van der Waals surface area contributed by atoms with Crippen LogP contribution in [0.5, 0.6) is 0 Å². The standard InChI is InChI=1S/C21H26N2O2/c1-2-15-22-20(24)14-16-23-21(25)19-11-7-6-10-18(19)13-12-17-8-4-3-5-9-17/h3-11H,2,12-16H2,1H3,(H,22,24)(H,23,25). The molecular weight excluding hydrogens is 312 g/mol. The number of benzene rings is 2. The SMILES string of the molecule is CCCNC(=O)CCNC(=O)c1ccccc1CCc1ccccc1. The van der Waals surface area contributed by atoms with Crippen LogP contribution in [-0.4, -0.2) is 24.9 Å². The van der Waals surface area contributed by atoms with Crippen LogP contribution < -0.4 is 10.6 Å². The molecule has 2 aromatic rings. The third-order valence-corrected chi connectivity index (χ3v) is 4.00. The topological polar surface area (TPSA) is 58.2 Å². The van der Waals surface area contributed by atoms with Gasteiger partial charge in [0.25, 0.3) is 5.91 Å². The fraction of sp³-hybridized carbons (Fsp3) is 0.333. The number of carbonyl (C=O) groups is 2. The zero-order valence-corrected chi connectivity index (χ0v) is 14.8. The Morgan fingerprint density at radius 1 is 0.840 bits per heavy atom. The van der Waals surface area contributed by atoms with Gasteiger partial charge in [0.05, 0.1) is 0 Å². The van der Waals surface area contributed by atoms with Crippen LogP contribution in [0.25, 0.3) is 0 Å². The summed E-state index contributed by atoms with van der Waals surface area (Å²) in [6.45, 7) is 3.03. The van der Waals surface area contributed by atoms with Crippen molar-refractivity contribution < 1.29 is 9.59 Å². The molecule has 0 spiro atoms. The first-order valence-electron chi connectivity index (χ1n) is 8.87. The largest absolute Gasteiger partial charge is 0.356 e. The van der Waals surface area contributed by atoms with Crippen LogP contribution in [0.15, 0.2) is 54.6 Å². The third-order valence-electron chi connectivity index (χ3n) is 4.00. The molecule has 4 heteroatoms. The lowest BCUT2D eigenvalue weighted by Crippen LogP contribution is -2.31. The molecule has 2 amide bonds. The Balaban J connectivity index is 1.88. The first-order chi connectivity index (χ1) is 12.2. The highest BCUT2D eigenvalue weighted by Gasteiger charge is 2.11. The van der Waals surface area contributed by atoms with Crippen LogP contribution in [0.3, 0.4) is 0 Å². The maximum absolute atomic E-state index is 12.4. The molecule has 2 aromatic carbocycles. The van der Waals surface area contributed by atoms with Gasteiger partial charge in [0.15, 0.2) is 0 Å². The monoisotopic (exact) mass is 338 g/mol. The fourth-order valence-corrected chi connectivity index (χ4v) is 2.62. The van der Waals surface area contributed by atoms with E-state index >= 15 is 0 Å². The van der Waals surface area contributed by atoms with E-state index in [1.807, 2.05) is 49.4 Å². The predicted molar refractivity (Wildman–Crippen MR) is 101 cm³/mol. The van der Waals surface area contributed by atoms with Crippen molar-refractivity contribution in [3.8, 4) is 0 Å². The molecular formula is C21H26N2O2. The number of hydrogen-bond acceptors (Lipinski definition) is 2. The second-order valence-corrected chi connectivity index (χ2v) is 6.00. The molecule has 0 aliphatic rings. The molecule has 25 heavy (non-hydrogen) atoms. The number of hydrogen-bond donors (Lipinski definition) is 2. The number of rotatable bonds is 9. The lowest BCUT2D eigenvalue weighted by molar-refractivity contribution is -0.120. The molecule has 4 nitrogen and oxygen atoms in total. The molecule has 0 aliphatic heterocycles. The van der Waals surface area contributed by atoms with Crippen molar-refractivity contribution >= 4 is 11.8 Å². The Kier molecular flexibility index (Phi) is 7.70. The zero-order valence-electron chi connectivity index (χ0n) is 14.8. The second-order valence-electron chi connectivity index (χ2n) is 6.00. The van der Waals surface area contributed by atoms with Gasteiger partial charge >= 0.3 is 0 Å². The number of carbonyl (C=O) groups excluding carboxylic acids is 2. The van der Waals surface area contributed by atoms with E-state index in [1.54, 1.807) is 0 Å². The maximum Gasteiger partial charge on any atom is 0.251 e. The van der Waals surface area contributed by atoms with E-state index in [-0.39, 0.29) is 11.8 Å². The molecule has 0 aliphatic carbocycles. The minimum absolute atomic E-state index is 0.0282. The molecule has 0 atom stereocenters. The summed E-state index contributed by atoms with van der Waals surface area (Å²) in [5, 5.41) is 5.65. The first-order valence-corrected chi connectivity index (χ1v) is 8.87. The van der Waals surface area contributed by atoms with Gasteiger partial charge in [0.1, 0.15) is 0 Å². The third kappa shape index (κ3) is 6.42. The van der Waals surface area contributed by atoms with Gasteiger partial charge in [-0.3, -0.25) is 9.59 Å². The average Bonchev–Trinajstić information content (AvgIpc) is 2.65. The van der Waals surface area contributed by atoms with Crippen LogP contribution in [0.4, 0.5) is 0 Å². The van der Waals surface area contributed by atoms with Gasteiger partial charge in [-0.1, -0.05) is 55.5 Å². The Hall–Kier alpha value is -2.62. The summed E-state index contributed by atoms with van der Waals surface area (Å²) in [6, 6.07) is 17.9. The summed E-state index contributed by atoms with van der Waals surface area (Å²) in [7, 11) is 0. The predicted octanol–water partition coefficient (Wildman–Crippen LogP) is 3.12. The van der Waals surface area contributed by atoms with Crippen LogP contribution in [0, 0.1) is 0 Å². The van der Waals surface area contributed by atoms with Gasteiger partial charge in [0, 0.05) is 25.1 Å². The summed E-state index contributed by atoms with van der Waals surface area (Å²) in [5.41, 5.74) is 2.97. The molecule has 0 heterocycles. The van der Waals surface area contributed by atoms with Crippen molar-refractivity contribution in [1.29, 1.82) is 0 Å². The van der Waals surface area contributed by atoms with E-state index in [4.69, 9.17) is 0 Å². The van der Waals surface area contributed by atoms with Crippen molar-refractivity contribution in [1.82, 2.24) is 10.6 Å². The highest BCUT2D eigenvalue weighted by molar-refractivity contribution is 5.95. The first kappa shape index (κ1) is 18.7. The van der Waals surface area contributed by atoms with Gasteiger partial charge < -0.3 is 10.6 Å². The Morgan fingerprint density at radius 2 is 1.56 bits per heavy atom. The summed E-state index contributed by atoms with van der Waals surface area (Å²) >= 11 is 0. The van der Waals surface area contributed by atoms with Crippen molar-refractivity contribution in [2.45, 2.75) is 32.6 Å². The van der Waals surface area contributed by atoms with E-state index < -0.39 is 0 Å². The minimum Gasteiger partial charge on any atom is -0.356 e. The van der Waals surface area contributed by atoms with Crippen molar-refractivity contribution in [3.63, 3.8) is 0 Å². The summed E-state index contributed by atoms with van der Waals surface area (Å²) in [6.07, 6.45) is 2.92. The molecule has 0 fully saturated rings. The Morgan fingerprint density at radius 3 is 2.32 bits per heavy atom. The molecule has 0 aromatic heterocycles. The second kappa shape index (κ2) is 10.3. The lowest BCUT2D eigenvalue weighted by Gasteiger charge is -2.10. The number of aryl methyl sites for hydroxylation is 2. The van der Waals surface area contributed by atoms with E-state index in [0.29, 0.717) is 25.1 Å². The molecule has 0 saturated heterocycles. The molecule has 132 valence electrons. The van der Waals surface area contributed by atoms with Gasteiger partial charge in [-0.15, -0.1) is 0 Å². The molecule has 2 N–H and O–H groups in total. The van der Waals surface area contributed by atoms with Gasteiger partial charge in [-0.05, 0) is 36.5 Å². The average molecular weight is 338 g/mol. The normalized spacial score (nSPS) is 10.3.